The smallest absolute Gasteiger partial charge is 0.159 e. The second-order valence-corrected chi connectivity index (χ2v) is 2.19. The average molecular weight is 151 g/mol. The molecule has 0 aromatic rings. The molecule has 60 valence electrons. The molecule has 0 saturated carbocycles. The topological polar surface area (TPSA) is 29.1 Å². The number of Topliss-reactive ketones (excluding diaryl/α,β-unsaturated/α-hetero) is 1. The summed E-state index contributed by atoms with van der Waals surface area (Å²) in [6.07, 6.45) is 3.35. The third-order valence-corrected chi connectivity index (χ3v) is 1.26. The van der Waals surface area contributed by atoms with Gasteiger partial charge < -0.3 is 5.32 Å². The highest BCUT2D eigenvalue weighted by Crippen LogP contribution is 1.96. The zero-order chi connectivity index (χ0) is 8.85. The van der Waals surface area contributed by atoms with E-state index in [9.17, 15) is 4.79 Å². The summed E-state index contributed by atoms with van der Waals surface area (Å²) < 4.78 is 0. The number of hydrogen-bond donors (Lipinski definition) is 1. The van der Waals surface area contributed by atoms with Crippen LogP contribution in [0.25, 0.3) is 0 Å². The third kappa shape index (κ3) is 4.14. The Balaban J connectivity index is 4.04. The number of hydrogen-bond acceptors (Lipinski definition) is 2. The van der Waals surface area contributed by atoms with Crippen molar-refractivity contribution in [1.82, 2.24) is 5.32 Å². The molecule has 2 nitrogen and oxygen atoms in total. The first kappa shape index (κ1) is 9.69. The Bertz CT molecular complexity index is 214. The van der Waals surface area contributed by atoms with Crippen molar-refractivity contribution < 1.29 is 4.79 Å². The highest BCUT2D eigenvalue weighted by molar-refractivity contribution is 5.95. The minimum Gasteiger partial charge on any atom is -0.389 e. The number of nitrogens with one attached hydrogen (secondary N) is 1. The van der Waals surface area contributed by atoms with Crippen molar-refractivity contribution in [2.45, 2.75) is 6.92 Å². The van der Waals surface area contributed by atoms with Gasteiger partial charge in [-0.25, -0.2) is 0 Å². The van der Waals surface area contributed by atoms with Gasteiger partial charge in [0.15, 0.2) is 5.78 Å². The number of rotatable bonds is 4. The van der Waals surface area contributed by atoms with Gasteiger partial charge in [0.2, 0.25) is 0 Å². The van der Waals surface area contributed by atoms with Crippen molar-refractivity contribution in [3.05, 3.63) is 36.6 Å². The van der Waals surface area contributed by atoms with Crippen LogP contribution < -0.4 is 5.32 Å². The van der Waals surface area contributed by atoms with E-state index in [-0.39, 0.29) is 5.78 Å². The molecule has 0 atom stereocenters. The lowest BCUT2D eigenvalue weighted by atomic mass is 10.2. The van der Waals surface area contributed by atoms with Crippen molar-refractivity contribution in [3.8, 4) is 0 Å². The Hall–Kier alpha value is -1.31. The Labute approximate surface area is 67.3 Å². The Kier molecular flexibility index (Phi) is 3.96. The molecular formula is C9H13NO. The first-order valence-electron chi connectivity index (χ1n) is 3.32. The van der Waals surface area contributed by atoms with E-state index in [0.29, 0.717) is 5.57 Å². The molecular weight excluding hydrogens is 138 g/mol. The molecule has 0 unspecified atom stereocenters. The van der Waals surface area contributed by atoms with Crippen LogP contribution in [0.3, 0.4) is 0 Å². The molecule has 0 aliphatic heterocycles. The highest BCUT2D eigenvalue weighted by Gasteiger charge is 1.92. The van der Waals surface area contributed by atoms with E-state index in [1.807, 2.05) is 0 Å². The summed E-state index contributed by atoms with van der Waals surface area (Å²) >= 11 is 0. The van der Waals surface area contributed by atoms with Gasteiger partial charge in [0.1, 0.15) is 0 Å². The van der Waals surface area contributed by atoms with Crippen LogP contribution >= 0.6 is 0 Å². The molecule has 0 bridgehead atoms. The van der Waals surface area contributed by atoms with E-state index in [0.717, 1.165) is 5.70 Å². The lowest BCUT2D eigenvalue weighted by Gasteiger charge is -1.95. The summed E-state index contributed by atoms with van der Waals surface area (Å²) in [7, 11) is 1.77. The van der Waals surface area contributed by atoms with E-state index < -0.39 is 0 Å². The second-order valence-electron chi connectivity index (χ2n) is 2.19. The number of allylic oxidation sites excluding steroid dienone is 3. The fourth-order valence-corrected chi connectivity index (χ4v) is 0.402. The van der Waals surface area contributed by atoms with Crippen LogP contribution in [0.15, 0.2) is 36.6 Å². The maximum atomic E-state index is 10.6. The molecule has 0 amide bonds. The largest absolute Gasteiger partial charge is 0.389 e. The summed E-state index contributed by atoms with van der Waals surface area (Å²) in [5, 5.41) is 2.83. The minimum atomic E-state index is -0.0230. The fourth-order valence-electron chi connectivity index (χ4n) is 0.402. The molecule has 0 fully saturated rings. The van der Waals surface area contributed by atoms with Gasteiger partial charge >= 0.3 is 0 Å². The minimum absolute atomic E-state index is 0.0230. The molecule has 1 N–H and O–H groups in total. The van der Waals surface area contributed by atoms with Crippen molar-refractivity contribution >= 4 is 5.78 Å². The van der Waals surface area contributed by atoms with Gasteiger partial charge in [-0.1, -0.05) is 19.2 Å². The van der Waals surface area contributed by atoms with E-state index in [1.54, 1.807) is 19.2 Å². The summed E-state index contributed by atoms with van der Waals surface area (Å²) in [5.41, 5.74) is 1.24. The molecule has 2 heteroatoms. The predicted octanol–water partition coefficient (Wildman–Crippen LogP) is 1.42. The fraction of sp³-hybridized carbons (Fsp3) is 0.222. The lowest BCUT2D eigenvalue weighted by molar-refractivity contribution is -0.113. The molecule has 11 heavy (non-hydrogen) atoms. The third-order valence-electron chi connectivity index (χ3n) is 1.26. The molecule has 0 rings (SSSR count). The normalized spacial score (nSPS) is 9.64. The highest BCUT2D eigenvalue weighted by atomic mass is 16.1. The number of likely N-dealkylation sites (N-methyl/N-ethyl adjacent to an activating group) is 1. The molecule has 0 saturated heterocycles. The van der Waals surface area contributed by atoms with E-state index in [4.69, 9.17) is 0 Å². The standard InChI is InChI=1S/C9H13NO/c1-7(9(3)11)5-6-8(2)10-4/h5-6,10H,1-2H2,3-4H3/b6-5-. The SMILES string of the molecule is C=C(/C=C\C(=C)C(C)=O)NC. The number of carbonyl (C=O) groups is 1. The molecule has 0 aromatic heterocycles. The Morgan fingerprint density at radius 2 is 1.91 bits per heavy atom. The van der Waals surface area contributed by atoms with E-state index in [1.165, 1.54) is 6.92 Å². The van der Waals surface area contributed by atoms with Crippen LogP contribution in [0.2, 0.25) is 0 Å². The number of ketones is 1. The molecule has 0 aromatic carbocycles. The first-order chi connectivity index (χ1) is 5.07. The van der Waals surface area contributed by atoms with Gasteiger partial charge in [-0.2, -0.15) is 0 Å². The van der Waals surface area contributed by atoms with Crippen molar-refractivity contribution in [3.63, 3.8) is 0 Å². The van der Waals surface area contributed by atoms with Crippen molar-refractivity contribution in [2.24, 2.45) is 0 Å². The van der Waals surface area contributed by atoms with Crippen LogP contribution in [0.1, 0.15) is 6.92 Å². The Morgan fingerprint density at radius 3 is 2.27 bits per heavy atom. The predicted molar refractivity (Wildman–Crippen MR) is 47.2 cm³/mol. The maximum Gasteiger partial charge on any atom is 0.159 e. The molecule has 0 aliphatic rings. The molecule has 0 heterocycles. The van der Waals surface area contributed by atoms with Crippen LogP contribution in [0.5, 0.6) is 0 Å². The first-order valence-corrected chi connectivity index (χ1v) is 3.32. The molecule has 0 spiro atoms. The van der Waals surface area contributed by atoms with Crippen molar-refractivity contribution in [2.75, 3.05) is 7.05 Å². The monoisotopic (exact) mass is 151 g/mol. The summed E-state index contributed by atoms with van der Waals surface area (Å²) in [6.45, 7) is 8.69. The Morgan fingerprint density at radius 1 is 1.36 bits per heavy atom. The molecule has 0 aliphatic carbocycles. The average Bonchev–Trinajstić information content (AvgIpc) is 1.99. The second kappa shape index (κ2) is 4.50. The summed E-state index contributed by atoms with van der Waals surface area (Å²) in [5.74, 6) is -0.0230. The van der Waals surface area contributed by atoms with Crippen molar-refractivity contribution in [1.29, 1.82) is 0 Å². The van der Waals surface area contributed by atoms with Gasteiger partial charge in [0, 0.05) is 18.3 Å². The van der Waals surface area contributed by atoms with Crippen LogP contribution in [-0.4, -0.2) is 12.8 Å². The van der Waals surface area contributed by atoms with Gasteiger partial charge in [0.05, 0.1) is 0 Å². The van der Waals surface area contributed by atoms with E-state index >= 15 is 0 Å². The zero-order valence-corrected chi connectivity index (χ0v) is 6.98. The maximum absolute atomic E-state index is 10.6. The van der Waals surface area contributed by atoms with Crippen LogP contribution in [-0.2, 0) is 4.79 Å². The van der Waals surface area contributed by atoms with Gasteiger partial charge in [0.25, 0.3) is 0 Å². The lowest BCUT2D eigenvalue weighted by Crippen LogP contribution is -2.01. The van der Waals surface area contributed by atoms with Gasteiger partial charge in [-0.15, -0.1) is 0 Å². The van der Waals surface area contributed by atoms with Gasteiger partial charge in [-0.05, 0) is 13.0 Å². The zero-order valence-electron chi connectivity index (χ0n) is 6.98. The van der Waals surface area contributed by atoms with Gasteiger partial charge in [-0.3, -0.25) is 4.79 Å². The quantitative estimate of drug-likeness (QED) is 0.486. The summed E-state index contributed by atoms with van der Waals surface area (Å²) in [4.78, 5) is 10.6. The molecule has 0 radical (unpaired) electrons. The van der Waals surface area contributed by atoms with Crippen LogP contribution in [0.4, 0.5) is 0 Å². The van der Waals surface area contributed by atoms with E-state index in [2.05, 4.69) is 18.5 Å². The van der Waals surface area contributed by atoms with Crippen LogP contribution in [0, 0.1) is 0 Å². The number of carbonyl (C=O) groups excluding carboxylic acids is 1. The summed E-state index contributed by atoms with van der Waals surface area (Å²) in [6, 6.07) is 0.